The van der Waals surface area contributed by atoms with Gasteiger partial charge >= 0.3 is 0 Å². The summed E-state index contributed by atoms with van der Waals surface area (Å²) in [5, 5.41) is 2.75. The molecule has 0 fully saturated rings. The van der Waals surface area contributed by atoms with Gasteiger partial charge in [0.1, 0.15) is 0 Å². The van der Waals surface area contributed by atoms with Crippen molar-refractivity contribution in [1.82, 2.24) is 5.32 Å². The highest BCUT2D eigenvalue weighted by atomic mass is 16.2. The average Bonchev–Trinajstić information content (AvgIpc) is 2.37. The first kappa shape index (κ1) is 16.0. The third-order valence-corrected chi connectivity index (χ3v) is 3.39. The smallest absolute Gasteiger partial charge is 0.224 e. The Morgan fingerprint density at radius 2 is 1.80 bits per heavy atom. The Kier molecular flexibility index (Phi) is 5.13. The fourth-order valence-electron chi connectivity index (χ4n) is 1.70. The first-order valence-electron chi connectivity index (χ1n) is 6.64. The van der Waals surface area contributed by atoms with E-state index in [1.807, 2.05) is 31.2 Å². The number of nitrogens with one attached hydrogen (secondary N) is 1. The molecule has 5 heteroatoms. The number of primary amides is 1. The lowest BCUT2D eigenvalue weighted by molar-refractivity contribution is -0.127. The Morgan fingerprint density at radius 3 is 2.30 bits per heavy atom. The van der Waals surface area contributed by atoms with Crippen LogP contribution in [-0.2, 0) is 9.59 Å². The van der Waals surface area contributed by atoms with Crippen molar-refractivity contribution in [3.05, 3.63) is 29.8 Å². The summed E-state index contributed by atoms with van der Waals surface area (Å²) >= 11 is 0. The Hall–Kier alpha value is -2.04. The maximum Gasteiger partial charge on any atom is 0.224 e. The molecule has 0 saturated heterocycles. The summed E-state index contributed by atoms with van der Waals surface area (Å²) in [7, 11) is 0. The van der Waals surface area contributed by atoms with Crippen LogP contribution in [0, 0.1) is 5.41 Å². The van der Waals surface area contributed by atoms with Crippen molar-refractivity contribution < 1.29 is 9.59 Å². The molecule has 1 aromatic carbocycles. The molecule has 1 rings (SSSR count). The van der Waals surface area contributed by atoms with Crippen LogP contribution in [0.1, 0.15) is 38.7 Å². The minimum absolute atomic E-state index is 0.0901. The summed E-state index contributed by atoms with van der Waals surface area (Å²) in [6.45, 7) is 5.64. The van der Waals surface area contributed by atoms with E-state index in [9.17, 15) is 9.59 Å². The van der Waals surface area contributed by atoms with Gasteiger partial charge in [0.15, 0.2) is 0 Å². The van der Waals surface area contributed by atoms with E-state index in [4.69, 9.17) is 11.5 Å². The van der Waals surface area contributed by atoms with Gasteiger partial charge in [0.05, 0.1) is 5.41 Å². The molecule has 0 aliphatic rings. The number of hydrogen-bond acceptors (Lipinski definition) is 3. The van der Waals surface area contributed by atoms with E-state index < -0.39 is 11.3 Å². The van der Waals surface area contributed by atoms with E-state index >= 15 is 0 Å². The predicted octanol–water partition coefficient (Wildman–Crippen LogP) is 1.39. The molecular weight excluding hydrogens is 254 g/mol. The van der Waals surface area contributed by atoms with Gasteiger partial charge in [0, 0.05) is 18.7 Å². The molecule has 1 unspecified atom stereocenters. The van der Waals surface area contributed by atoms with Crippen LogP contribution >= 0.6 is 0 Å². The molecule has 20 heavy (non-hydrogen) atoms. The predicted molar refractivity (Wildman–Crippen MR) is 79.9 cm³/mol. The normalized spacial score (nSPS) is 12.8. The second-order valence-electron chi connectivity index (χ2n) is 5.80. The van der Waals surface area contributed by atoms with E-state index in [2.05, 4.69) is 5.32 Å². The van der Waals surface area contributed by atoms with Gasteiger partial charge in [-0.1, -0.05) is 19.1 Å². The summed E-state index contributed by atoms with van der Waals surface area (Å²) in [5.41, 5.74) is 11.9. The van der Waals surface area contributed by atoms with Crippen molar-refractivity contribution in [3.63, 3.8) is 0 Å². The second-order valence-corrected chi connectivity index (χ2v) is 5.80. The molecule has 0 heterocycles. The van der Waals surface area contributed by atoms with E-state index in [-0.39, 0.29) is 18.4 Å². The molecule has 0 aliphatic carbocycles. The largest absolute Gasteiger partial charge is 0.399 e. The first-order valence-corrected chi connectivity index (χ1v) is 6.64. The average molecular weight is 277 g/mol. The lowest BCUT2D eigenvalue weighted by Gasteiger charge is -2.21. The SMILES string of the molecule is CC(CC(=O)NCC(C)(C)C(N)=O)c1ccc(N)cc1. The third kappa shape index (κ3) is 4.57. The minimum atomic E-state index is -0.736. The van der Waals surface area contributed by atoms with Gasteiger partial charge in [-0.15, -0.1) is 0 Å². The number of nitrogen functional groups attached to an aromatic ring is 1. The highest BCUT2D eigenvalue weighted by Crippen LogP contribution is 2.20. The Morgan fingerprint density at radius 1 is 1.25 bits per heavy atom. The van der Waals surface area contributed by atoms with Crippen molar-refractivity contribution in [2.24, 2.45) is 11.1 Å². The van der Waals surface area contributed by atoms with Gasteiger partial charge in [0.25, 0.3) is 0 Å². The van der Waals surface area contributed by atoms with Crippen molar-refractivity contribution in [2.45, 2.75) is 33.1 Å². The lowest BCUT2D eigenvalue weighted by atomic mass is 9.92. The van der Waals surface area contributed by atoms with Gasteiger partial charge in [0.2, 0.25) is 11.8 Å². The fraction of sp³-hybridized carbons (Fsp3) is 0.467. The summed E-state index contributed by atoms with van der Waals surface area (Å²) in [6, 6.07) is 7.47. The van der Waals surface area contributed by atoms with E-state index in [1.165, 1.54) is 0 Å². The molecule has 0 spiro atoms. The lowest BCUT2D eigenvalue weighted by Crippen LogP contribution is -2.42. The first-order chi connectivity index (χ1) is 9.22. The van der Waals surface area contributed by atoms with Crippen molar-refractivity contribution >= 4 is 17.5 Å². The van der Waals surface area contributed by atoms with Crippen LogP contribution in [0.3, 0.4) is 0 Å². The maximum absolute atomic E-state index is 11.9. The van der Waals surface area contributed by atoms with E-state index in [1.54, 1.807) is 13.8 Å². The number of anilines is 1. The molecule has 0 aliphatic heterocycles. The van der Waals surface area contributed by atoms with Gasteiger partial charge in [-0.25, -0.2) is 0 Å². The number of benzene rings is 1. The standard InChI is InChI=1S/C15H23N3O2/c1-10(11-4-6-12(16)7-5-11)8-13(19)18-9-15(2,3)14(17)20/h4-7,10H,8-9,16H2,1-3H3,(H2,17,20)(H,18,19). The maximum atomic E-state index is 11.9. The summed E-state index contributed by atoms with van der Waals surface area (Å²) < 4.78 is 0. The number of amides is 2. The number of carbonyl (C=O) groups excluding carboxylic acids is 2. The second kappa shape index (κ2) is 6.41. The third-order valence-electron chi connectivity index (χ3n) is 3.39. The molecular formula is C15H23N3O2. The molecule has 1 atom stereocenters. The van der Waals surface area contributed by atoms with Crippen molar-refractivity contribution in [1.29, 1.82) is 0 Å². The summed E-state index contributed by atoms with van der Waals surface area (Å²) in [5.74, 6) is -0.430. The van der Waals surface area contributed by atoms with Gasteiger partial charge in [-0.2, -0.15) is 0 Å². The zero-order valence-corrected chi connectivity index (χ0v) is 12.3. The fourth-order valence-corrected chi connectivity index (χ4v) is 1.70. The molecule has 0 aromatic heterocycles. The molecule has 2 amide bonds. The van der Waals surface area contributed by atoms with Gasteiger partial charge in [-0.05, 0) is 37.5 Å². The molecule has 5 N–H and O–H groups in total. The Bertz CT molecular complexity index is 480. The quantitative estimate of drug-likeness (QED) is 0.685. The number of carbonyl (C=O) groups is 2. The van der Waals surface area contributed by atoms with Crippen LogP contribution in [0.25, 0.3) is 0 Å². The van der Waals surface area contributed by atoms with Gasteiger partial charge in [-0.3, -0.25) is 9.59 Å². The highest BCUT2D eigenvalue weighted by Gasteiger charge is 2.25. The number of nitrogens with two attached hydrogens (primary N) is 2. The Labute approximate surface area is 119 Å². The van der Waals surface area contributed by atoms with E-state index in [0.717, 1.165) is 5.56 Å². The zero-order valence-electron chi connectivity index (χ0n) is 12.3. The summed E-state index contributed by atoms with van der Waals surface area (Å²) in [4.78, 5) is 23.0. The molecule has 0 saturated carbocycles. The summed E-state index contributed by atoms with van der Waals surface area (Å²) in [6.07, 6.45) is 0.360. The molecule has 1 aromatic rings. The van der Waals surface area contributed by atoms with Crippen molar-refractivity contribution in [3.8, 4) is 0 Å². The zero-order chi connectivity index (χ0) is 15.3. The molecule has 0 radical (unpaired) electrons. The van der Waals surface area contributed by atoms with Crippen molar-refractivity contribution in [2.75, 3.05) is 12.3 Å². The van der Waals surface area contributed by atoms with Crippen LogP contribution < -0.4 is 16.8 Å². The van der Waals surface area contributed by atoms with E-state index in [0.29, 0.717) is 12.1 Å². The topological polar surface area (TPSA) is 98.2 Å². The molecule has 0 bridgehead atoms. The molecule has 5 nitrogen and oxygen atoms in total. The minimum Gasteiger partial charge on any atom is -0.399 e. The van der Waals surface area contributed by atoms with Crippen LogP contribution in [0.4, 0.5) is 5.69 Å². The van der Waals surface area contributed by atoms with Crippen LogP contribution in [-0.4, -0.2) is 18.4 Å². The van der Waals surface area contributed by atoms with Crippen LogP contribution in [0.5, 0.6) is 0 Å². The van der Waals surface area contributed by atoms with Crippen LogP contribution in [0.2, 0.25) is 0 Å². The monoisotopic (exact) mass is 277 g/mol. The molecule has 110 valence electrons. The number of hydrogen-bond donors (Lipinski definition) is 3. The van der Waals surface area contributed by atoms with Gasteiger partial charge < -0.3 is 16.8 Å². The highest BCUT2D eigenvalue weighted by molar-refractivity contribution is 5.82. The van der Waals surface area contributed by atoms with Crippen LogP contribution in [0.15, 0.2) is 24.3 Å². The number of rotatable bonds is 6. The Balaban J connectivity index is 2.50.